The minimum absolute atomic E-state index is 0.00529. The van der Waals surface area contributed by atoms with Crippen LogP contribution in [0, 0.1) is 47.8 Å². The minimum Gasteiger partial charge on any atom is -0.466 e. The van der Waals surface area contributed by atoms with Gasteiger partial charge in [0.2, 0.25) is 0 Å². The lowest BCUT2D eigenvalue weighted by Gasteiger charge is -2.18. The zero-order valence-corrected chi connectivity index (χ0v) is 12.6. The van der Waals surface area contributed by atoms with Gasteiger partial charge in [0, 0.05) is 0 Å². The highest BCUT2D eigenvalue weighted by Gasteiger charge is 2.65. The molecule has 3 heteroatoms. The highest BCUT2D eigenvalue weighted by molar-refractivity contribution is 5.77. The lowest BCUT2D eigenvalue weighted by molar-refractivity contribution is -0.145. The SMILES string of the molecule is CCOC(=O)C1C2CC(Cc3ccc(C)cc3)C(C#N)C21. The number of rotatable bonds is 4. The Morgan fingerprint density at radius 2 is 2.10 bits per heavy atom. The third-order valence-electron chi connectivity index (χ3n) is 5.05. The van der Waals surface area contributed by atoms with E-state index >= 15 is 0 Å². The zero-order chi connectivity index (χ0) is 15.0. The molecule has 0 radical (unpaired) electrons. The smallest absolute Gasteiger partial charge is 0.309 e. The van der Waals surface area contributed by atoms with Crippen molar-refractivity contribution in [2.24, 2.45) is 29.6 Å². The van der Waals surface area contributed by atoms with E-state index in [1.165, 1.54) is 11.1 Å². The average Bonchev–Trinajstić information content (AvgIpc) is 3.05. The Labute approximate surface area is 125 Å². The van der Waals surface area contributed by atoms with Crippen molar-refractivity contribution in [3.63, 3.8) is 0 Å². The number of aryl methyl sites for hydroxylation is 1. The van der Waals surface area contributed by atoms with Crippen LogP contribution in [0.15, 0.2) is 24.3 Å². The summed E-state index contributed by atoms with van der Waals surface area (Å²) in [5.74, 6) is 0.906. The number of carbonyl (C=O) groups excluding carboxylic acids is 1. The number of carbonyl (C=O) groups is 1. The molecule has 0 aromatic heterocycles. The van der Waals surface area contributed by atoms with Gasteiger partial charge in [0.1, 0.15) is 0 Å². The molecule has 0 heterocycles. The fraction of sp³-hybridized carbons (Fsp3) is 0.556. The first-order valence-electron chi connectivity index (χ1n) is 7.77. The molecule has 5 atom stereocenters. The van der Waals surface area contributed by atoms with Crippen molar-refractivity contribution in [2.75, 3.05) is 6.61 Å². The second kappa shape index (κ2) is 5.52. The number of benzene rings is 1. The van der Waals surface area contributed by atoms with E-state index in [2.05, 4.69) is 37.3 Å². The van der Waals surface area contributed by atoms with E-state index in [0.29, 0.717) is 18.4 Å². The number of esters is 1. The van der Waals surface area contributed by atoms with E-state index in [0.717, 1.165) is 12.8 Å². The van der Waals surface area contributed by atoms with Crippen LogP contribution in [0.1, 0.15) is 24.5 Å². The molecule has 21 heavy (non-hydrogen) atoms. The summed E-state index contributed by atoms with van der Waals surface area (Å²) in [7, 11) is 0. The molecule has 1 aromatic carbocycles. The third-order valence-corrected chi connectivity index (χ3v) is 5.05. The van der Waals surface area contributed by atoms with E-state index in [4.69, 9.17) is 4.74 Å². The van der Waals surface area contributed by atoms with Crippen molar-refractivity contribution < 1.29 is 9.53 Å². The van der Waals surface area contributed by atoms with E-state index < -0.39 is 0 Å². The molecule has 3 nitrogen and oxygen atoms in total. The molecule has 5 unspecified atom stereocenters. The van der Waals surface area contributed by atoms with Crippen LogP contribution in [0.2, 0.25) is 0 Å². The van der Waals surface area contributed by atoms with Crippen molar-refractivity contribution in [1.82, 2.24) is 0 Å². The Kier molecular flexibility index (Phi) is 3.71. The van der Waals surface area contributed by atoms with Gasteiger partial charge < -0.3 is 4.74 Å². The summed E-state index contributed by atoms with van der Waals surface area (Å²) in [4.78, 5) is 11.9. The maximum Gasteiger partial charge on any atom is 0.309 e. The molecule has 2 aliphatic rings. The van der Waals surface area contributed by atoms with Gasteiger partial charge in [-0.3, -0.25) is 4.79 Å². The average molecular weight is 283 g/mol. The molecule has 2 saturated carbocycles. The summed E-state index contributed by atoms with van der Waals surface area (Å²) in [6.07, 6.45) is 1.93. The maximum atomic E-state index is 11.9. The molecular formula is C18H21NO2. The van der Waals surface area contributed by atoms with Crippen LogP contribution in [0.5, 0.6) is 0 Å². The number of nitrogens with zero attached hydrogens (tertiary/aromatic N) is 1. The van der Waals surface area contributed by atoms with Crippen molar-refractivity contribution >= 4 is 5.97 Å². The minimum atomic E-state index is -0.0958. The predicted molar refractivity (Wildman–Crippen MR) is 79.2 cm³/mol. The summed E-state index contributed by atoms with van der Waals surface area (Å²) in [5.41, 5.74) is 2.55. The van der Waals surface area contributed by atoms with Gasteiger partial charge in [-0.05, 0) is 50.0 Å². The topological polar surface area (TPSA) is 50.1 Å². The Hall–Kier alpha value is -1.82. The van der Waals surface area contributed by atoms with Gasteiger partial charge in [-0.2, -0.15) is 5.26 Å². The molecule has 110 valence electrons. The summed E-state index contributed by atoms with van der Waals surface area (Å²) in [5, 5.41) is 9.48. The van der Waals surface area contributed by atoms with E-state index in [1.54, 1.807) is 0 Å². The Bertz CT molecular complexity index is 572. The standard InChI is InChI=1S/C18H21NO2/c1-3-21-18(20)17-14-9-13(15(10-19)16(14)17)8-12-6-4-11(2)5-7-12/h4-7,13-17H,3,8-9H2,1-2H3. The summed E-state index contributed by atoms with van der Waals surface area (Å²) in [6, 6.07) is 11.0. The van der Waals surface area contributed by atoms with E-state index in [9.17, 15) is 10.1 Å². The lowest BCUT2D eigenvalue weighted by atomic mass is 9.85. The fourth-order valence-electron chi connectivity index (χ4n) is 4.00. The van der Waals surface area contributed by atoms with Crippen LogP contribution in [-0.4, -0.2) is 12.6 Å². The predicted octanol–water partition coefficient (Wildman–Crippen LogP) is 3.12. The highest BCUT2D eigenvalue weighted by Crippen LogP contribution is 2.63. The quantitative estimate of drug-likeness (QED) is 0.798. The van der Waals surface area contributed by atoms with Crippen molar-refractivity contribution in [1.29, 1.82) is 5.26 Å². The first-order chi connectivity index (χ1) is 10.2. The van der Waals surface area contributed by atoms with Gasteiger partial charge in [-0.1, -0.05) is 29.8 Å². The van der Waals surface area contributed by atoms with Crippen molar-refractivity contribution in [3.05, 3.63) is 35.4 Å². The Balaban J connectivity index is 1.65. The molecule has 0 spiro atoms. The van der Waals surface area contributed by atoms with Crippen LogP contribution in [-0.2, 0) is 16.0 Å². The second-order valence-corrected chi connectivity index (χ2v) is 6.36. The van der Waals surface area contributed by atoms with Crippen molar-refractivity contribution in [3.8, 4) is 6.07 Å². The maximum absolute atomic E-state index is 11.9. The Morgan fingerprint density at radius 1 is 1.38 bits per heavy atom. The van der Waals surface area contributed by atoms with Crippen LogP contribution in [0.3, 0.4) is 0 Å². The number of fused-ring (bicyclic) bond motifs is 1. The summed E-state index contributed by atoms with van der Waals surface area (Å²) in [6.45, 7) is 4.34. The lowest BCUT2D eigenvalue weighted by Crippen LogP contribution is -2.20. The molecule has 2 fully saturated rings. The third kappa shape index (κ3) is 2.55. The van der Waals surface area contributed by atoms with Crippen LogP contribution >= 0.6 is 0 Å². The molecular weight excluding hydrogens is 262 g/mol. The molecule has 0 saturated heterocycles. The number of ether oxygens (including phenoxy) is 1. The first kappa shape index (κ1) is 14.1. The summed E-state index contributed by atoms with van der Waals surface area (Å²) < 4.78 is 5.11. The van der Waals surface area contributed by atoms with Crippen molar-refractivity contribution in [2.45, 2.75) is 26.7 Å². The summed E-state index contributed by atoms with van der Waals surface area (Å²) >= 11 is 0. The van der Waals surface area contributed by atoms with Gasteiger partial charge in [-0.25, -0.2) is 0 Å². The first-order valence-corrected chi connectivity index (χ1v) is 7.77. The number of hydrogen-bond donors (Lipinski definition) is 0. The zero-order valence-electron chi connectivity index (χ0n) is 12.6. The largest absolute Gasteiger partial charge is 0.466 e. The van der Waals surface area contributed by atoms with Gasteiger partial charge >= 0.3 is 5.97 Å². The highest BCUT2D eigenvalue weighted by atomic mass is 16.5. The van der Waals surface area contributed by atoms with Crippen LogP contribution < -0.4 is 0 Å². The Morgan fingerprint density at radius 3 is 2.71 bits per heavy atom. The molecule has 2 aliphatic carbocycles. The normalized spacial score (nSPS) is 33.1. The van der Waals surface area contributed by atoms with Crippen LogP contribution in [0.4, 0.5) is 0 Å². The molecule has 1 aromatic rings. The van der Waals surface area contributed by atoms with Gasteiger partial charge in [0.25, 0.3) is 0 Å². The molecule has 0 amide bonds. The van der Waals surface area contributed by atoms with Gasteiger partial charge in [-0.15, -0.1) is 0 Å². The molecule has 0 bridgehead atoms. The van der Waals surface area contributed by atoms with Gasteiger partial charge in [0.05, 0.1) is 24.5 Å². The number of hydrogen-bond acceptors (Lipinski definition) is 3. The van der Waals surface area contributed by atoms with E-state index in [-0.39, 0.29) is 23.7 Å². The van der Waals surface area contributed by atoms with E-state index in [1.807, 2.05) is 6.92 Å². The van der Waals surface area contributed by atoms with Gasteiger partial charge in [0.15, 0.2) is 0 Å². The second-order valence-electron chi connectivity index (χ2n) is 6.36. The van der Waals surface area contributed by atoms with Crippen LogP contribution in [0.25, 0.3) is 0 Å². The molecule has 0 N–H and O–H groups in total. The fourth-order valence-corrected chi connectivity index (χ4v) is 4.00. The molecule has 0 aliphatic heterocycles. The number of nitriles is 1. The monoisotopic (exact) mass is 283 g/mol. The molecule has 3 rings (SSSR count).